The Hall–Kier alpha value is -0.580. The third kappa shape index (κ3) is 3.20. The number of oxime groups is 1. The molecule has 0 radical (unpaired) electrons. The summed E-state index contributed by atoms with van der Waals surface area (Å²) >= 11 is 7.40. The third-order valence-electron chi connectivity index (χ3n) is 2.74. The molecule has 1 aromatic rings. The van der Waals surface area contributed by atoms with Crippen molar-refractivity contribution in [2.24, 2.45) is 5.16 Å². The van der Waals surface area contributed by atoms with Crippen LogP contribution in [0.5, 0.6) is 0 Å². The van der Waals surface area contributed by atoms with Gasteiger partial charge in [-0.25, -0.2) is 0 Å². The Balaban J connectivity index is 1.75. The van der Waals surface area contributed by atoms with Gasteiger partial charge in [-0.15, -0.1) is 11.3 Å². The molecule has 0 amide bonds. The molecule has 88 valence electrons. The Morgan fingerprint density at radius 1 is 1.44 bits per heavy atom. The van der Waals surface area contributed by atoms with Crippen LogP contribution in [0.2, 0.25) is 4.34 Å². The molecular weight excluding hydrogens is 246 g/mol. The highest BCUT2D eigenvalue weighted by Gasteiger charge is 2.18. The molecule has 1 fully saturated rings. The van der Waals surface area contributed by atoms with Crippen LogP contribution >= 0.6 is 22.9 Å². The number of hydrogen-bond acceptors (Lipinski definition) is 4. The Bertz CT molecular complexity index is 368. The van der Waals surface area contributed by atoms with E-state index < -0.39 is 0 Å². The third-order valence-corrected chi connectivity index (χ3v) is 3.95. The Labute approximate surface area is 104 Å². The van der Waals surface area contributed by atoms with Crippen LogP contribution in [-0.2, 0) is 11.3 Å². The van der Waals surface area contributed by atoms with Gasteiger partial charge in [-0.2, -0.15) is 0 Å². The normalized spacial score (nSPS) is 21.1. The first-order chi connectivity index (χ1) is 7.78. The second-order valence-corrected chi connectivity index (χ2v) is 5.68. The van der Waals surface area contributed by atoms with E-state index in [0.29, 0.717) is 6.61 Å². The van der Waals surface area contributed by atoms with Gasteiger partial charge in [-0.05, 0) is 37.8 Å². The molecule has 1 N–H and O–H groups in total. The molecule has 1 saturated carbocycles. The van der Waals surface area contributed by atoms with Gasteiger partial charge in [0.15, 0.2) is 0 Å². The maximum absolute atomic E-state index is 8.62. The van der Waals surface area contributed by atoms with Crippen molar-refractivity contribution in [2.45, 2.75) is 38.4 Å². The van der Waals surface area contributed by atoms with Crippen LogP contribution in [0.25, 0.3) is 0 Å². The summed E-state index contributed by atoms with van der Waals surface area (Å²) in [5.74, 6) is 0. The van der Waals surface area contributed by atoms with Gasteiger partial charge < -0.3 is 9.94 Å². The Kier molecular flexibility index (Phi) is 4.21. The van der Waals surface area contributed by atoms with Crippen LogP contribution in [0, 0.1) is 0 Å². The molecule has 1 heterocycles. The molecule has 16 heavy (non-hydrogen) atoms. The van der Waals surface area contributed by atoms with Crippen LogP contribution in [0.1, 0.15) is 30.6 Å². The largest absolute Gasteiger partial charge is 0.411 e. The number of rotatable bonds is 3. The minimum Gasteiger partial charge on any atom is -0.411 e. The average molecular weight is 260 g/mol. The van der Waals surface area contributed by atoms with E-state index in [0.717, 1.165) is 40.6 Å². The van der Waals surface area contributed by atoms with E-state index in [1.54, 1.807) is 11.3 Å². The van der Waals surface area contributed by atoms with Crippen molar-refractivity contribution in [3.8, 4) is 0 Å². The molecule has 1 aromatic heterocycles. The van der Waals surface area contributed by atoms with Crippen LogP contribution in [-0.4, -0.2) is 17.0 Å². The lowest BCUT2D eigenvalue weighted by atomic mass is 9.96. The zero-order chi connectivity index (χ0) is 11.4. The maximum atomic E-state index is 8.62. The average Bonchev–Trinajstić information content (AvgIpc) is 2.73. The van der Waals surface area contributed by atoms with E-state index in [-0.39, 0.29) is 6.10 Å². The fourth-order valence-corrected chi connectivity index (χ4v) is 2.83. The monoisotopic (exact) mass is 259 g/mol. The first-order valence-electron chi connectivity index (χ1n) is 5.33. The molecule has 5 heteroatoms. The van der Waals surface area contributed by atoms with Crippen molar-refractivity contribution in [3.05, 3.63) is 21.3 Å². The molecule has 0 saturated heterocycles. The predicted octanol–water partition coefficient (Wildman–Crippen LogP) is 3.69. The summed E-state index contributed by atoms with van der Waals surface area (Å²) in [5.41, 5.74) is 0.888. The molecule has 2 rings (SSSR count). The van der Waals surface area contributed by atoms with Crippen molar-refractivity contribution >= 4 is 28.6 Å². The summed E-state index contributed by atoms with van der Waals surface area (Å²) < 4.78 is 6.59. The standard InChI is InChI=1S/C11H14ClNO2S/c12-11-6-5-10(16-11)7-15-9-3-1-8(13-14)2-4-9/h5-6,9,14H,1-4,7H2. The molecule has 0 spiro atoms. The molecule has 1 aliphatic carbocycles. The highest BCUT2D eigenvalue weighted by Crippen LogP contribution is 2.24. The van der Waals surface area contributed by atoms with Crippen molar-refractivity contribution in [1.29, 1.82) is 0 Å². The molecule has 0 unspecified atom stereocenters. The molecular formula is C11H14ClNO2S. The summed E-state index contributed by atoms with van der Waals surface area (Å²) in [4.78, 5) is 1.16. The molecule has 0 aliphatic heterocycles. The van der Waals surface area contributed by atoms with Crippen LogP contribution < -0.4 is 0 Å². The van der Waals surface area contributed by atoms with Crippen LogP contribution in [0.3, 0.4) is 0 Å². The minimum absolute atomic E-state index is 0.284. The summed E-state index contributed by atoms with van der Waals surface area (Å²) in [6.45, 7) is 0.633. The fraction of sp³-hybridized carbons (Fsp3) is 0.545. The lowest BCUT2D eigenvalue weighted by Gasteiger charge is -2.22. The topological polar surface area (TPSA) is 41.8 Å². The van der Waals surface area contributed by atoms with E-state index in [1.165, 1.54) is 0 Å². The summed E-state index contributed by atoms with van der Waals surface area (Å²) in [5, 5.41) is 11.9. The molecule has 1 aliphatic rings. The van der Waals surface area contributed by atoms with E-state index in [9.17, 15) is 0 Å². The van der Waals surface area contributed by atoms with E-state index in [2.05, 4.69) is 5.16 Å². The van der Waals surface area contributed by atoms with E-state index in [1.807, 2.05) is 12.1 Å². The summed E-state index contributed by atoms with van der Waals surface area (Å²) in [6, 6.07) is 3.89. The second-order valence-electron chi connectivity index (χ2n) is 3.88. The van der Waals surface area contributed by atoms with Gasteiger partial charge in [-0.3, -0.25) is 0 Å². The minimum atomic E-state index is 0.284. The lowest BCUT2D eigenvalue weighted by Crippen LogP contribution is -2.21. The number of thiophene rings is 1. The zero-order valence-corrected chi connectivity index (χ0v) is 10.4. The number of nitrogens with zero attached hydrogens (tertiary/aromatic N) is 1. The molecule has 0 atom stereocenters. The summed E-state index contributed by atoms with van der Waals surface area (Å²) in [6.07, 6.45) is 3.85. The van der Waals surface area contributed by atoms with Gasteiger partial charge in [0.1, 0.15) is 0 Å². The molecule has 0 bridgehead atoms. The smallest absolute Gasteiger partial charge is 0.0932 e. The maximum Gasteiger partial charge on any atom is 0.0932 e. The van der Waals surface area contributed by atoms with E-state index in [4.69, 9.17) is 21.5 Å². The number of ether oxygens (including phenoxy) is 1. The second kappa shape index (κ2) is 5.66. The quantitative estimate of drug-likeness (QED) is 0.664. The Morgan fingerprint density at radius 3 is 2.75 bits per heavy atom. The van der Waals surface area contributed by atoms with Crippen molar-refractivity contribution in [3.63, 3.8) is 0 Å². The van der Waals surface area contributed by atoms with Gasteiger partial charge in [0.2, 0.25) is 0 Å². The first-order valence-corrected chi connectivity index (χ1v) is 6.53. The number of hydrogen-bond donors (Lipinski definition) is 1. The van der Waals surface area contributed by atoms with Gasteiger partial charge in [0.25, 0.3) is 0 Å². The van der Waals surface area contributed by atoms with Crippen molar-refractivity contribution in [2.75, 3.05) is 0 Å². The highest BCUT2D eigenvalue weighted by molar-refractivity contribution is 7.16. The number of halogens is 1. The van der Waals surface area contributed by atoms with Gasteiger partial charge >= 0.3 is 0 Å². The van der Waals surface area contributed by atoms with Crippen molar-refractivity contribution in [1.82, 2.24) is 0 Å². The van der Waals surface area contributed by atoms with Gasteiger partial charge in [0, 0.05) is 4.88 Å². The fourth-order valence-electron chi connectivity index (χ4n) is 1.82. The summed E-state index contributed by atoms with van der Waals surface area (Å²) in [7, 11) is 0. The van der Waals surface area contributed by atoms with Gasteiger partial charge in [-0.1, -0.05) is 16.8 Å². The molecule has 0 aromatic carbocycles. The van der Waals surface area contributed by atoms with E-state index >= 15 is 0 Å². The van der Waals surface area contributed by atoms with Crippen LogP contribution in [0.4, 0.5) is 0 Å². The lowest BCUT2D eigenvalue weighted by molar-refractivity contribution is 0.0292. The molecule has 3 nitrogen and oxygen atoms in total. The SMILES string of the molecule is ON=C1CCC(OCc2ccc(Cl)s2)CC1. The zero-order valence-electron chi connectivity index (χ0n) is 8.86. The van der Waals surface area contributed by atoms with Gasteiger partial charge in [0.05, 0.1) is 22.8 Å². The first kappa shape index (κ1) is 11.9. The highest BCUT2D eigenvalue weighted by atomic mass is 35.5. The van der Waals surface area contributed by atoms with Crippen molar-refractivity contribution < 1.29 is 9.94 Å². The van der Waals surface area contributed by atoms with Crippen LogP contribution in [0.15, 0.2) is 17.3 Å². The Morgan fingerprint density at radius 2 is 2.19 bits per heavy atom. The predicted molar refractivity (Wildman–Crippen MR) is 65.6 cm³/mol.